The lowest BCUT2D eigenvalue weighted by Gasteiger charge is -2.34. The first kappa shape index (κ1) is 19.9. The van der Waals surface area contributed by atoms with Crippen molar-refractivity contribution in [3.8, 4) is 0 Å². The smallest absolute Gasteiger partial charge is 0.234 e. The van der Waals surface area contributed by atoms with Crippen LogP contribution >= 0.6 is 22.9 Å². The summed E-state index contributed by atoms with van der Waals surface area (Å²) in [6.45, 7) is 3.87. The Morgan fingerprint density at radius 2 is 1.72 bits per heavy atom. The molecule has 29 heavy (non-hydrogen) atoms. The maximum atomic E-state index is 12.8. The molecular formula is C22H23ClN4OS. The number of nitrogens with zero attached hydrogens (tertiary/aromatic N) is 3. The highest BCUT2D eigenvalue weighted by molar-refractivity contribution is 7.13. The maximum Gasteiger partial charge on any atom is 0.234 e. The van der Waals surface area contributed by atoms with Gasteiger partial charge in [-0.25, -0.2) is 4.98 Å². The van der Waals surface area contributed by atoms with Crippen LogP contribution in [0, 0.1) is 0 Å². The number of carbonyl (C=O) groups is 1. The zero-order valence-corrected chi connectivity index (χ0v) is 17.6. The normalized spacial score (nSPS) is 15.8. The number of piperazine rings is 1. The zero-order valence-electron chi connectivity index (χ0n) is 16.0. The van der Waals surface area contributed by atoms with E-state index in [4.69, 9.17) is 11.6 Å². The lowest BCUT2D eigenvalue weighted by atomic mass is 9.98. The van der Waals surface area contributed by atoms with Crippen LogP contribution in [0.3, 0.4) is 0 Å². The van der Waals surface area contributed by atoms with E-state index >= 15 is 0 Å². The fourth-order valence-electron chi connectivity index (χ4n) is 3.54. The summed E-state index contributed by atoms with van der Waals surface area (Å²) in [7, 11) is 0. The number of halogens is 1. The Hall–Kier alpha value is -2.41. The van der Waals surface area contributed by atoms with Crippen LogP contribution in [0.15, 0.2) is 66.2 Å². The van der Waals surface area contributed by atoms with Crippen molar-refractivity contribution in [1.82, 2.24) is 15.2 Å². The number of hydrogen-bond acceptors (Lipinski definition) is 5. The minimum atomic E-state index is -0.197. The highest BCUT2D eigenvalue weighted by atomic mass is 35.5. The molecule has 1 aliphatic rings. The third-order valence-electron chi connectivity index (χ3n) is 5.07. The Morgan fingerprint density at radius 1 is 1.03 bits per heavy atom. The number of hydrogen-bond donors (Lipinski definition) is 1. The van der Waals surface area contributed by atoms with Crippen LogP contribution in [0.1, 0.15) is 17.2 Å². The van der Waals surface area contributed by atoms with Crippen LogP contribution in [0.5, 0.6) is 0 Å². The summed E-state index contributed by atoms with van der Waals surface area (Å²) in [6, 6.07) is 17.5. The predicted octanol–water partition coefficient (Wildman–Crippen LogP) is 3.82. The number of aromatic nitrogens is 1. The first-order valence-electron chi connectivity index (χ1n) is 9.65. The topological polar surface area (TPSA) is 48.5 Å². The molecule has 0 bridgehead atoms. The van der Waals surface area contributed by atoms with Gasteiger partial charge in [0.25, 0.3) is 0 Å². The van der Waals surface area contributed by atoms with Crippen molar-refractivity contribution in [2.75, 3.05) is 37.6 Å². The van der Waals surface area contributed by atoms with Crippen LogP contribution in [0.2, 0.25) is 5.02 Å². The molecule has 1 unspecified atom stereocenters. The van der Waals surface area contributed by atoms with Crippen molar-refractivity contribution in [3.63, 3.8) is 0 Å². The van der Waals surface area contributed by atoms with Crippen molar-refractivity contribution in [2.45, 2.75) is 6.04 Å². The number of amides is 1. The van der Waals surface area contributed by atoms with Crippen molar-refractivity contribution in [3.05, 3.63) is 82.3 Å². The minimum absolute atomic E-state index is 0.0245. The van der Waals surface area contributed by atoms with Crippen molar-refractivity contribution >= 4 is 34.0 Å². The number of nitrogens with one attached hydrogen (secondary N) is 1. The quantitative estimate of drug-likeness (QED) is 0.650. The third-order valence-corrected chi connectivity index (χ3v) is 6.16. The van der Waals surface area contributed by atoms with Gasteiger partial charge in [-0.05, 0) is 23.3 Å². The molecule has 1 aliphatic heterocycles. The number of anilines is 1. The first-order valence-corrected chi connectivity index (χ1v) is 10.9. The van der Waals surface area contributed by atoms with Gasteiger partial charge in [-0.3, -0.25) is 9.69 Å². The molecule has 1 saturated heterocycles. The van der Waals surface area contributed by atoms with Gasteiger partial charge in [0, 0.05) is 42.8 Å². The largest absolute Gasteiger partial charge is 0.346 e. The van der Waals surface area contributed by atoms with Gasteiger partial charge >= 0.3 is 0 Å². The summed E-state index contributed by atoms with van der Waals surface area (Å²) in [4.78, 5) is 21.7. The van der Waals surface area contributed by atoms with E-state index in [0.717, 1.165) is 42.4 Å². The standard InChI is InChI=1S/C22H23ClN4OS/c23-19-8-6-18(7-9-19)21(17-4-2-1-3-5-17)25-20(28)16-26-11-13-27(14-12-26)22-24-10-15-29-22/h1-10,15,21H,11-14,16H2,(H,25,28). The SMILES string of the molecule is O=C(CN1CCN(c2nccs2)CC1)NC(c1ccccc1)c1ccc(Cl)cc1. The Balaban J connectivity index is 1.39. The van der Waals surface area contributed by atoms with E-state index in [0.29, 0.717) is 11.6 Å². The van der Waals surface area contributed by atoms with Gasteiger partial charge in [-0.1, -0.05) is 54.1 Å². The van der Waals surface area contributed by atoms with E-state index in [1.165, 1.54) is 0 Å². The molecule has 3 aromatic rings. The summed E-state index contributed by atoms with van der Waals surface area (Å²) in [5, 5.41) is 6.94. The second kappa shape index (κ2) is 9.39. The Labute approximate surface area is 179 Å². The Kier molecular flexibility index (Phi) is 6.44. The zero-order chi connectivity index (χ0) is 20.1. The average molecular weight is 427 g/mol. The Morgan fingerprint density at radius 3 is 2.38 bits per heavy atom. The molecular weight excluding hydrogens is 404 g/mol. The van der Waals surface area contributed by atoms with E-state index in [-0.39, 0.29) is 11.9 Å². The summed E-state index contributed by atoms with van der Waals surface area (Å²) in [5.41, 5.74) is 2.07. The molecule has 2 heterocycles. The average Bonchev–Trinajstić information content (AvgIpc) is 3.29. The molecule has 0 spiro atoms. The fourth-order valence-corrected chi connectivity index (χ4v) is 4.36. The number of thiazole rings is 1. The molecule has 0 saturated carbocycles. The second-order valence-corrected chi connectivity index (χ2v) is 8.35. The van der Waals surface area contributed by atoms with Gasteiger partial charge < -0.3 is 10.2 Å². The monoisotopic (exact) mass is 426 g/mol. The van der Waals surface area contributed by atoms with Gasteiger partial charge in [0.1, 0.15) is 0 Å². The predicted molar refractivity (Wildman–Crippen MR) is 119 cm³/mol. The van der Waals surface area contributed by atoms with Crippen molar-refractivity contribution < 1.29 is 4.79 Å². The molecule has 150 valence electrons. The van der Waals surface area contributed by atoms with E-state index in [1.807, 2.05) is 66.2 Å². The minimum Gasteiger partial charge on any atom is -0.346 e. The van der Waals surface area contributed by atoms with Crippen LogP contribution in [-0.4, -0.2) is 48.5 Å². The summed E-state index contributed by atoms with van der Waals surface area (Å²) < 4.78 is 0. The van der Waals surface area contributed by atoms with E-state index in [1.54, 1.807) is 11.3 Å². The fraction of sp³-hybridized carbons (Fsp3) is 0.273. The van der Waals surface area contributed by atoms with Crippen LogP contribution in [0.25, 0.3) is 0 Å². The molecule has 2 aromatic carbocycles. The molecule has 7 heteroatoms. The van der Waals surface area contributed by atoms with Crippen molar-refractivity contribution in [2.24, 2.45) is 0 Å². The van der Waals surface area contributed by atoms with Gasteiger partial charge in [0.05, 0.1) is 12.6 Å². The molecule has 5 nitrogen and oxygen atoms in total. The third kappa shape index (κ3) is 5.15. The van der Waals surface area contributed by atoms with Crippen molar-refractivity contribution in [1.29, 1.82) is 0 Å². The van der Waals surface area contributed by atoms with Gasteiger partial charge in [-0.2, -0.15) is 0 Å². The molecule has 0 radical (unpaired) electrons. The molecule has 4 rings (SSSR count). The van der Waals surface area contributed by atoms with E-state index in [2.05, 4.69) is 20.1 Å². The summed E-state index contributed by atoms with van der Waals surface area (Å²) >= 11 is 7.70. The van der Waals surface area contributed by atoms with E-state index in [9.17, 15) is 4.79 Å². The maximum absolute atomic E-state index is 12.8. The lowest BCUT2D eigenvalue weighted by molar-refractivity contribution is -0.122. The molecule has 1 N–H and O–H groups in total. The number of benzene rings is 2. The second-order valence-electron chi connectivity index (χ2n) is 7.04. The highest BCUT2D eigenvalue weighted by Gasteiger charge is 2.22. The first-order chi connectivity index (χ1) is 14.2. The molecule has 1 fully saturated rings. The van der Waals surface area contributed by atoms with Gasteiger partial charge in [0.15, 0.2) is 5.13 Å². The molecule has 1 atom stereocenters. The number of carbonyl (C=O) groups excluding carboxylic acids is 1. The summed E-state index contributed by atoms with van der Waals surface area (Å²) in [5.74, 6) is 0.0245. The molecule has 1 aromatic heterocycles. The lowest BCUT2D eigenvalue weighted by Crippen LogP contribution is -2.49. The Bertz CT molecular complexity index is 910. The summed E-state index contributed by atoms with van der Waals surface area (Å²) in [6.07, 6.45) is 1.83. The highest BCUT2D eigenvalue weighted by Crippen LogP contribution is 2.24. The number of rotatable bonds is 6. The van der Waals surface area contributed by atoms with Crippen LogP contribution < -0.4 is 10.2 Å². The van der Waals surface area contributed by atoms with Crippen LogP contribution in [0.4, 0.5) is 5.13 Å². The molecule has 0 aliphatic carbocycles. The van der Waals surface area contributed by atoms with E-state index < -0.39 is 0 Å². The van der Waals surface area contributed by atoms with Gasteiger partial charge in [-0.15, -0.1) is 11.3 Å². The van der Waals surface area contributed by atoms with Crippen LogP contribution in [-0.2, 0) is 4.79 Å². The molecule has 1 amide bonds. The van der Waals surface area contributed by atoms with Gasteiger partial charge in [0.2, 0.25) is 5.91 Å².